The van der Waals surface area contributed by atoms with Gasteiger partial charge in [0.2, 0.25) is 0 Å². The van der Waals surface area contributed by atoms with Gasteiger partial charge < -0.3 is 46.6 Å². The van der Waals surface area contributed by atoms with Crippen LogP contribution in [-0.2, 0) is 19.6 Å². The van der Waals surface area contributed by atoms with Gasteiger partial charge in [0.15, 0.2) is 0 Å². The van der Waals surface area contributed by atoms with Crippen LogP contribution in [0.4, 0.5) is 0 Å². The summed E-state index contributed by atoms with van der Waals surface area (Å²) in [4.78, 5) is 84.8. The van der Waals surface area contributed by atoms with E-state index < -0.39 is 0 Å². The van der Waals surface area contributed by atoms with Crippen molar-refractivity contribution in [3.05, 3.63) is 214 Å². The third-order valence-electron chi connectivity index (χ3n) is 12.6. The van der Waals surface area contributed by atoms with E-state index in [1.54, 1.807) is 36.4 Å². The normalized spacial score (nSPS) is 11.1. The SMILES string of the molecule is CN(CCN(CCN(C)Cc1ccc(C(=O)NCCNC(=O)c2ccccc2)cc1)CCN(C)Cc1ccc(C(=O)NCCNC(=O)c2ccccc2)cc1)Cc1ccc(C(=O)NCCNC(=O)c2ccccc2)cc1. The zero-order chi connectivity index (χ0) is 53.9. The maximum Gasteiger partial charge on any atom is 0.251 e. The molecule has 0 fully saturated rings. The Kier molecular flexibility index (Phi) is 23.4. The van der Waals surface area contributed by atoms with Crippen LogP contribution in [-0.4, -0.2) is 155 Å². The molecule has 0 saturated carbocycles. The van der Waals surface area contributed by atoms with Crippen LogP contribution in [0, 0.1) is 0 Å². The fraction of sp³-hybridized carbons (Fsp3) is 0.300. The second kappa shape index (κ2) is 31.0. The largest absolute Gasteiger partial charge is 0.350 e. The molecule has 398 valence electrons. The summed E-state index contributed by atoms with van der Waals surface area (Å²) in [6.45, 7) is 8.96. The van der Waals surface area contributed by atoms with Crippen molar-refractivity contribution in [2.45, 2.75) is 19.6 Å². The Balaban J connectivity index is 0.954. The Morgan fingerprint density at radius 3 is 0.684 bits per heavy atom. The maximum atomic E-state index is 12.9. The Morgan fingerprint density at radius 2 is 0.474 bits per heavy atom. The third kappa shape index (κ3) is 20.0. The minimum absolute atomic E-state index is 0.181. The molecule has 6 aromatic carbocycles. The minimum atomic E-state index is -0.197. The van der Waals surface area contributed by atoms with E-state index in [4.69, 9.17) is 0 Å². The maximum absolute atomic E-state index is 12.9. The summed E-state index contributed by atoms with van der Waals surface area (Å²) < 4.78 is 0. The molecule has 76 heavy (non-hydrogen) atoms. The van der Waals surface area contributed by atoms with Crippen molar-refractivity contribution in [1.82, 2.24) is 51.5 Å². The van der Waals surface area contributed by atoms with E-state index in [0.29, 0.717) is 92.3 Å². The molecule has 6 N–H and O–H groups in total. The molecule has 0 radical (unpaired) electrons. The van der Waals surface area contributed by atoms with Crippen LogP contribution in [0.3, 0.4) is 0 Å². The molecule has 6 amide bonds. The highest BCUT2D eigenvalue weighted by Crippen LogP contribution is 2.11. The molecule has 6 aromatic rings. The molecule has 0 bridgehead atoms. The molecular weight excluding hydrogens is 957 g/mol. The molecule has 0 saturated heterocycles. The number of carbonyl (C=O) groups excluding carboxylic acids is 6. The van der Waals surface area contributed by atoms with Gasteiger partial charge in [-0.05, 0) is 111 Å². The summed E-state index contributed by atoms with van der Waals surface area (Å²) in [5.41, 5.74) is 6.66. The summed E-state index contributed by atoms with van der Waals surface area (Å²) in [6.07, 6.45) is 0. The van der Waals surface area contributed by atoms with Crippen LogP contribution in [0.1, 0.15) is 78.8 Å². The molecule has 0 unspecified atom stereocenters. The summed E-state index contributed by atoms with van der Waals surface area (Å²) in [6, 6.07) is 49.8. The second-order valence-electron chi connectivity index (χ2n) is 18.8. The predicted molar refractivity (Wildman–Crippen MR) is 298 cm³/mol. The van der Waals surface area contributed by atoms with Crippen LogP contribution < -0.4 is 31.9 Å². The van der Waals surface area contributed by atoms with Gasteiger partial charge in [-0.25, -0.2) is 0 Å². The van der Waals surface area contributed by atoms with Gasteiger partial charge in [0.05, 0.1) is 0 Å². The average Bonchev–Trinajstić information content (AvgIpc) is 3.45. The number of benzene rings is 6. The van der Waals surface area contributed by atoms with E-state index in [-0.39, 0.29) is 35.4 Å². The molecular formula is C60H72N10O6. The van der Waals surface area contributed by atoms with Crippen LogP contribution in [0.2, 0.25) is 0 Å². The molecule has 0 aliphatic carbocycles. The zero-order valence-corrected chi connectivity index (χ0v) is 43.9. The molecule has 0 aromatic heterocycles. The Morgan fingerprint density at radius 1 is 0.276 bits per heavy atom. The molecule has 16 nitrogen and oxygen atoms in total. The molecule has 0 heterocycles. The second-order valence-corrected chi connectivity index (χ2v) is 18.8. The van der Waals surface area contributed by atoms with Crippen molar-refractivity contribution < 1.29 is 28.8 Å². The molecule has 0 aliphatic rings. The van der Waals surface area contributed by atoms with Crippen molar-refractivity contribution in [2.24, 2.45) is 0 Å². The van der Waals surface area contributed by atoms with Gasteiger partial charge in [-0.1, -0.05) is 91.0 Å². The van der Waals surface area contributed by atoms with E-state index in [1.807, 2.05) is 127 Å². The number of nitrogens with zero attached hydrogens (tertiary/aromatic N) is 4. The summed E-state index contributed by atoms with van der Waals surface area (Å²) in [5.74, 6) is -1.13. The van der Waals surface area contributed by atoms with Gasteiger partial charge in [-0.3, -0.25) is 33.7 Å². The lowest BCUT2D eigenvalue weighted by molar-refractivity contribution is 0.0927. The van der Waals surface area contributed by atoms with E-state index in [0.717, 1.165) is 56.0 Å². The number of rotatable bonds is 30. The highest BCUT2D eigenvalue weighted by atomic mass is 16.2. The first-order valence-electron chi connectivity index (χ1n) is 25.8. The highest BCUT2D eigenvalue weighted by molar-refractivity contribution is 5.97. The number of hydrogen-bond donors (Lipinski definition) is 6. The smallest absolute Gasteiger partial charge is 0.251 e. The van der Waals surface area contributed by atoms with Crippen LogP contribution in [0.5, 0.6) is 0 Å². The van der Waals surface area contributed by atoms with Gasteiger partial charge in [0.1, 0.15) is 0 Å². The molecule has 16 heteroatoms. The van der Waals surface area contributed by atoms with Crippen molar-refractivity contribution >= 4 is 35.4 Å². The van der Waals surface area contributed by atoms with Gasteiger partial charge in [0.25, 0.3) is 35.4 Å². The fourth-order valence-electron chi connectivity index (χ4n) is 8.17. The number of nitrogens with one attached hydrogen (secondary N) is 6. The lowest BCUT2D eigenvalue weighted by atomic mass is 10.1. The van der Waals surface area contributed by atoms with Gasteiger partial charge >= 0.3 is 0 Å². The van der Waals surface area contributed by atoms with Crippen molar-refractivity contribution in [2.75, 3.05) is 99.7 Å². The first kappa shape index (κ1) is 57.3. The Hall–Kier alpha value is -8.02. The minimum Gasteiger partial charge on any atom is -0.350 e. The average molecular weight is 1030 g/mol. The quantitative estimate of drug-likeness (QED) is 0.0329. The summed E-state index contributed by atoms with van der Waals surface area (Å²) in [7, 11) is 6.30. The van der Waals surface area contributed by atoms with Gasteiger partial charge in [-0.2, -0.15) is 0 Å². The third-order valence-corrected chi connectivity index (χ3v) is 12.6. The number of amides is 6. The van der Waals surface area contributed by atoms with E-state index in [2.05, 4.69) is 72.6 Å². The number of carbonyl (C=O) groups is 6. The van der Waals surface area contributed by atoms with E-state index in [1.165, 1.54) is 0 Å². The van der Waals surface area contributed by atoms with Crippen molar-refractivity contribution in [3.8, 4) is 0 Å². The lowest BCUT2D eigenvalue weighted by Gasteiger charge is -2.29. The van der Waals surface area contributed by atoms with Gasteiger partial charge in [0, 0.05) is 132 Å². The Bertz CT molecular complexity index is 2450. The lowest BCUT2D eigenvalue weighted by Crippen LogP contribution is -2.41. The molecule has 0 aliphatic heterocycles. The summed E-state index contributed by atoms with van der Waals surface area (Å²) >= 11 is 0. The topological polar surface area (TPSA) is 188 Å². The molecule has 6 rings (SSSR count). The fourth-order valence-corrected chi connectivity index (χ4v) is 8.17. The van der Waals surface area contributed by atoms with Crippen LogP contribution >= 0.6 is 0 Å². The standard InChI is InChI=1S/C60H72N10O6/c1-67(43-46-19-25-52(26-20-46)58(74)64-34-31-61-55(71)49-13-7-4-8-14-49)37-40-70(41-38-68(2)44-47-21-27-53(28-22-47)59(75)65-35-32-62-56(72)50-15-9-5-10-16-50)42-39-69(3)45-48-23-29-54(30-24-48)60(76)66-36-33-63-57(73)51-17-11-6-12-18-51/h4-30H,31-45H2,1-3H3,(H,61,71)(H,62,72)(H,63,73)(H,64,74)(H,65,75)(H,66,76). The predicted octanol–water partition coefficient (Wildman–Crippen LogP) is 5.16. The molecule has 0 spiro atoms. The number of hydrogen-bond acceptors (Lipinski definition) is 10. The van der Waals surface area contributed by atoms with Crippen LogP contribution in [0.25, 0.3) is 0 Å². The highest BCUT2D eigenvalue weighted by Gasteiger charge is 2.15. The van der Waals surface area contributed by atoms with Crippen molar-refractivity contribution in [1.29, 1.82) is 0 Å². The zero-order valence-electron chi connectivity index (χ0n) is 43.9. The van der Waals surface area contributed by atoms with Crippen LogP contribution in [0.15, 0.2) is 164 Å². The van der Waals surface area contributed by atoms with Crippen molar-refractivity contribution in [3.63, 3.8) is 0 Å². The van der Waals surface area contributed by atoms with E-state index >= 15 is 0 Å². The summed E-state index contributed by atoms with van der Waals surface area (Å²) in [5, 5.41) is 17.1. The number of likely N-dealkylation sites (N-methyl/N-ethyl adjacent to an activating group) is 3. The molecule has 0 atom stereocenters. The first-order valence-corrected chi connectivity index (χ1v) is 25.8. The first-order chi connectivity index (χ1) is 36.9. The van der Waals surface area contributed by atoms with Gasteiger partial charge in [-0.15, -0.1) is 0 Å². The monoisotopic (exact) mass is 1030 g/mol. The Labute approximate surface area is 447 Å². The van der Waals surface area contributed by atoms with E-state index in [9.17, 15) is 28.8 Å².